The number of aromatic nitrogens is 3. The first-order valence-electron chi connectivity index (χ1n) is 7.89. The third-order valence-electron chi connectivity index (χ3n) is 3.70. The van der Waals surface area contributed by atoms with Gasteiger partial charge in [0.05, 0.1) is 0 Å². The van der Waals surface area contributed by atoms with Gasteiger partial charge in [-0.15, -0.1) is 10.2 Å². The Morgan fingerprint density at radius 1 is 1.39 bits per heavy atom. The fraction of sp³-hybridized carbons (Fsp3) is 0.471. The standard InChI is InChI=1S/C17H24N4O2/c1-5-21-11-19-20-16(21)8-9-18-17(22)14(4)23-15-10-12(2)6-7-13(15)3/h6-7,10-11,14H,5,8-9H2,1-4H3,(H,18,22)/t14-/m1/s1. The van der Waals surface area contributed by atoms with Crippen molar-refractivity contribution in [2.45, 2.75) is 46.8 Å². The van der Waals surface area contributed by atoms with E-state index in [0.29, 0.717) is 13.0 Å². The first kappa shape index (κ1) is 17.0. The van der Waals surface area contributed by atoms with Crippen LogP contribution in [0.4, 0.5) is 0 Å². The number of rotatable bonds is 7. The summed E-state index contributed by atoms with van der Waals surface area (Å²) in [7, 11) is 0. The molecule has 0 spiro atoms. The van der Waals surface area contributed by atoms with Crippen LogP contribution in [0.2, 0.25) is 0 Å². The van der Waals surface area contributed by atoms with Crippen LogP contribution < -0.4 is 10.1 Å². The molecule has 0 radical (unpaired) electrons. The minimum absolute atomic E-state index is 0.131. The Bertz CT molecular complexity index is 666. The molecule has 1 atom stereocenters. The predicted octanol–water partition coefficient (Wildman–Crippen LogP) is 2.04. The maximum Gasteiger partial charge on any atom is 0.260 e. The normalized spacial score (nSPS) is 12.0. The van der Waals surface area contributed by atoms with E-state index in [1.807, 2.05) is 43.5 Å². The molecule has 0 aliphatic carbocycles. The lowest BCUT2D eigenvalue weighted by Gasteiger charge is -2.16. The SMILES string of the molecule is CCn1cnnc1CCNC(=O)[C@@H](C)Oc1cc(C)ccc1C. The van der Waals surface area contributed by atoms with E-state index >= 15 is 0 Å². The summed E-state index contributed by atoms with van der Waals surface area (Å²) in [5.41, 5.74) is 2.13. The first-order chi connectivity index (χ1) is 11.0. The van der Waals surface area contributed by atoms with Crippen LogP contribution in [0.25, 0.3) is 0 Å². The van der Waals surface area contributed by atoms with Crippen LogP contribution in [-0.4, -0.2) is 33.3 Å². The number of carbonyl (C=O) groups is 1. The van der Waals surface area contributed by atoms with Crippen molar-refractivity contribution >= 4 is 5.91 Å². The summed E-state index contributed by atoms with van der Waals surface area (Å²) in [4.78, 5) is 12.1. The highest BCUT2D eigenvalue weighted by atomic mass is 16.5. The molecule has 1 aromatic carbocycles. The molecule has 1 aromatic heterocycles. The zero-order valence-electron chi connectivity index (χ0n) is 14.2. The highest BCUT2D eigenvalue weighted by molar-refractivity contribution is 5.80. The Balaban J connectivity index is 1.84. The van der Waals surface area contributed by atoms with Gasteiger partial charge in [-0.1, -0.05) is 12.1 Å². The summed E-state index contributed by atoms with van der Waals surface area (Å²) < 4.78 is 7.74. The number of ether oxygens (including phenoxy) is 1. The molecule has 23 heavy (non-hydrogen) atoms. The second kappa shape index (κ2) is 7.76. The van der Waals surface area contributed by atoms with Gasteiger partial charge in [-0.3, -0.25) is 4.79 Å². The molecule has 1 N–H and O–H groups in total. The number of hydrogen-bond acceptors (Lipinski definition) is 4. The van der Waals surface area contributed by atoms with Crippen molar-refractivity contribution < 1.29 is 9.53 Å². The van der Waals surface area contributed by atoms with Crippen LogP contribution in [0.3, 0.4) is 0 Å². The molecule has 0 aliphatic heterocycles. The fourth-order valence-electron chi connectivity index (χ4n) is 2.26. The monoisotopic (exact) mass is 316 g/mol. The summed E-state index contributed by atoms with van der Waals surface area (Å²) in [5, 5.41) is 10.8. The molecule has 2 rings (SSSR count). The molecule has 0 saturated heterocycles. The molecule has 0 unspecified atom stereocenters. The number of benzene rings is 1. The number of carbonyl (C=O) groups excluding carboxylic acids is 1. The van der Waals surface area contributed by atoms with Crippen LogP contribution >= 0.6 is 0 Å². The van der Waals surface area contributed by atoms with E-state index in [2.05, 4.69) is 15.5 Å². The van der Waals surface area contributed by atoms with Gasteiger partial charge in [-0.2, -0.15) is 0 Å². The zero-order chi connectivity index (χ0) is 16.8. The van der Waals surface area contributed by atoms with Crippen molar-refractivity contribution in [3.8, 4) is 5.75 Å². The largest absolute Gasteiger partial charge is 0.481 e. The Kier molecular flexibility index (Phi) is 5.73. The molecule has 2 aromatic rings. The Labute approximate surface area is 136 Å². The quantitative estimate of drug-likeness (QED) is 0.849. The summed E-state index contributed by atoms with van der Waals surface area (Å²) in [6.07, 6.45) is 1.80. The molecule has 0 fully saturated rings. The minimum Gasteiger partial charge on any atom is -0.481 e. The summed E-state index contributed by atoms with van der Waals surface area (Å²) in [6, 6.07) is 5.96. The molecule has 1 amide bonds. The molecule has 6 heteroatoms. The number of aryl methyl sites for hydroxylation is 3. The van der Waals surface area contributed by atoms with Crippen LogP contribution in [-0.2, 0) is 17.8 Å². The van der Waals surface area contributed by atoms with E-state index in [1.54, 1.807) is 13.3 Å². The number of nitrogens with zero attached hydrogens (tertiary/aromatic N) is 3. The third kappa shape index (κ3) is 4.55. The lowest BCUT2D eigenvalue weighted by atomic mass is 10.1. The van der Waals surface area contributed by atoms with Crippen LogP contribution in [0, 0.1) is 13.8 Å². The van der Waals surface area contributed by atoms with E-state index in [9.17, 15) is 4.79 Å². The number of nitrogens with one attached hydrogen (secondary N) is 1. The fourth-order valence-corrected chi connectivity index (χ4v) is 2.26. The number of amides is 1. The second-order valence-electron chi connectivity index (χ2n) is 5.60. The maximum atomic E-state index is 12.1. The van der Waals surface area contributed by atoms with E-state index < -0.39 is 6.10 Å². The van der Waals surface area contributed by atoms with Gasteiger partial charge >= 0.3 is 0 Å². The van der Waals surface area contributed by atoms with E-state index in [4.69, 9.17) is 4.74 Å². The molecular weight excluding hydrogens is 292 g/mol. The van der Waals surface area contributed by atoms with Gasteiger partial charge in [0.2, 0.25) is 0 Å². The second-order valence-corrected chi connectivity index (χ2v) is 5.60. The van der Waals surface area contributed by atoms with Gasteiger partial charge in [-0.05, 0) is 44.9 Å². The molecule has 6 nitrogen and oxygen atoms in total. The third-order valence-corrected chi connectivity index (χ3v) is 3.70. The van der Waals surface area contributed by atoms with Gasteiger partial charge in [-0.25, -0.2) is 0 Å². The Morgan fingerprint density at radius 2 is 2.17 bits per heavy atom. The Morgan fingerprint density at radius 3 is 2.91 bits per heavy atom. The van der Waals surface area contributed by atoms with Crippen molar-refractivity contribution in [1.29, 1.82) is 0 Å². The highest BCUT2D eigenvalue weighted by Crippen LogP contribution is 2.20. The van der Waals surface area contributed by atoms with Gasteiger partial charge < -0.3 is 14.6 Å². The predicted molar refractivity (Wildman–Crippen MR) is 88.4 cm³/mol. The molecule has 0 aliphatic rings. The van der Waals surface area contributed by atoms with E-state index in [0.717, 1.165) is 29.2 Å². The van der Waals surface area contributed by atoms with Gasteiger partial charge in [0, 0.05) is 19.5 Å². The van der Waals surface area contributed by atoms with Gasteiger partial charge in [0.1, 0.15) is 17.9 Å². The average molecular weight is 316 g/mol. The maximum absolute atomic E-state index is 12.1. The zero-order valence-corrected chi connectivity index (χ0v) is 14.2. The molecule has 0 saturated carbocycles. The summed E-state index contributed by atoms with van der Waals surface area (Å²) >= 11 is 0. The van der Waals surface area contributed by atoms with E-state index in [-0.39, 0.29) is 5.91 Å². The number of hydrogen-bond donors (Lipinski definition) is 1. The van der Waals surface area contributed by atoms with Crippen molar-refractivity contribution in [2.75, 3.05) is 6.54 Å². The minimum atomic E-state index is -0.542. The molecule has 0 bridgehead atoms. The smallest absolute Gasteiger partial charge is 0.260 e. The molecule has 124 valence electrons. The van der Waals surface area contributed by atoms with Gasteiger partial charge in [0.15, 0.2) is 6.10 Å². The van der Waals surface area contributed by atoms with Crippen LogP contribution in [0.15, 0.2) is 24.5 Å². The lowest BCUT2D eigenvalue weighted by molar-refractivity contribution is -0.127. The summed E-state index contributed by atoms with van der Waals surface area (Å²) in [5.74, 6) is 1.49. The Hall–Kier alpha value is -2.37. The van der Waals surface area contributed by atoms with E-state index in [1.165, 1.54) is 0 Å². The molecule has 1 heterocycles. The van der Waals surface area contributed by atoms with Gasteiger partial charge in [0.25, 0.3) is 5.91 Å². The first-order valence-corrected chi connectivity index (χ1v) is 7.89. The lowest BCUT2D eigenvalue weighted by Crippen LogP contribution is -2.37. The van der Waals surface area contributed by atoms with Crippen LogP contribution in [0.5, 0.6) is 5.75 Å². The molecular formula is C17H24N4O2. The highest BCUT2D eigenvalue weighted by Gasteiger charge is 2.15. The average Bonchev–Trinajstić information content (AvgIpc) is 2.98. The van der Waals surface area contributed by atoms with Crippen molar-refractivity contribution in [3.63, 3.8) is 0 Å². The van der Waals surface area contributed by atoms with Crippen LogP contribution in [0.1, 0.15) is 30.8 Å². The van der Waals surface area contributed by atoms with Crippen molar-refractivity contribution in [3.05, 3.63) is 41.5 Å². The topological polar surface area (TPSA) is 69.0 Å². The van der Waals surface area contributed by atoms with Crippen molar-refractivity contribution in [1.82, 2.24) is 20.1 Å². The van der Waals surface area contributed by atoms with Crippen molar-refractivity contribution in [2.24, 2.45) is 0 Å². The summed E-state index contributed by atoms with van der Waals surface area (Å²) in [6.45, 7) is 9.09.